The van der Waals surface area contributed by atoms with Crippen molar-refractivity contribution in [1.82, 2.24) is 4.31 Å². The number of cyclic esters (lactones) is 1. The van der Waals surface area contributed by atoms with Crippen LogP contribution in [0.1, 0.15) is 41.0 Å². The number of anilines is 1. The van der Waals surface area contributed by atoms with Crippen LogP contribution in [0.4, 0.5) is 10.5 Å². The Balaban J connectivity index is 1.50. The molecule has 1 saturated heterocycles. The summed E-state index contributed by atoms with van der Waals surface area (Å²) in [5.41, 5.74) is 4.95. The third-order valence-corrected chi connectivity index (χ3v) is 7.47. The van der Waals surface area contributed by atoms with Gasteiger partial charge in [-0.25, -0.2) is 13.2 Å². The van der Waals surface area contributed by atoms with Crippen LogP contribution in [0.5, 0.6) is 0 Å². The number of hydrogen-bond donors (Lipinski definition) is 1. The summed E-state index contributed by atoms with van der Waals surface area (Å²) in [4.78, 5) is 11.8. The number of nitrogens with zero attached hydrogens (tertiary/aromatic N) is 1. The predicted molar refractivity (Wildman–Crippen MR) is 107 cm³/mol. The Morgan fingerprint density at radius 3 is 2.57 bits per heavy atom. The van der Waals surface area contributed by atoms with Crippen LogP contribution in [-0.2, 0) is 21.4 Å². The number of benzene rings is 2. The van der Waals surface area contributed by atoms with Crippen molar-refractivity contribution >= 4 is 21.8 Å². The van der Waals surface area contributed by atoms with E-state index in [1.54, 1.807) is 22.5 Å². The first-order valence-corrected chi connectivity index (χ1v) is 10.9. The third-order valence-electron chi connectivity index (χ3n) is 5.58. The minimum absolute atomic E-state index is 0.274. The molecule has 0 atom stereocenters. The quantitative estimate of drug-likeness (QED) is 0.847. The maximum Gasteiger partial charge on any atom is 0.411 e. The smallest absolute Gasteiger partial charge is 0.411 e. The summed E-state index contributed by atoms with van der Waals surface area (Å²) in [6, 6.07) is 11.2. The first-order valence-electron chi connectivity index (χ1n) is 9.48. The molecule has 2 aromatic carbocycles. The maximum absolute atomic E-state index is 12.9. The third kappa shape index (κ3) is 3.52. The van der Waals surface area contributed by atoms with Crippen LogP contribution in [0.2, 0.25) is 0 Å². The van der Waals surface area contributed by atoms with E-state index in [1.165, 1.54) is 5.56 Å². The average molecular weight is 401 g/mol. The van der Waals surface area contributed by atoms with Crippen LogP contribution < -0.4 is 5.32 Å². The molecule has 0 aromatic heterocycles. The summed E-state index contributed by atoms with van der Waals surface area (Å²) in [7, 11) is -3.45. The van der Waals surface area contributed by atoms with E-state index >= 15 is 0 Å². The molecular formula is C21H24N2O4S. The molecule has 1 amide bonds. The molecule has 0 aliphatic carbocycles. The molecule has 7 heteroatoms. The Kier molecular flexibility index (Phi) is 4.89. The predicted octanol–water partition coefficient (Wildman–Crippen LogP) is 3.93. The highest BCUT2D eigenvalue weighted by atomic mass is 32.2. The highest BCUT2D eigenvalue weighted by molar-refractivity contribution is 7.89. The summed E-state index contributed by atoms with van der Waals surface area (Å²) in [5.74, 6) is 0.297. The number of fused-ring (bicyclic) bond motifs is 1. The van der Waals surface area contributed by atoms with Gasteiger partial charge in [-0.2, -0.15) is 4.31 Å². The van der Waals surface area contributed by atoms with Crippen molar-refractivity contribution in [3.05, 3.63) is 58.7 Å². The highest BCUT2D eigenvalue weighted by Crippen LogP contribution is 2.35. The first-order chi connectivity index (χ1) is 13.3. The van der Waals surface area contributed by atoms with Gasteiger partial charge in [0.25, 0.3) is 0 Å². The molecular weight excluding hydrogens is 376 g/mol. The molecule has 0 unspecified atom stereocenters. The van der Waals surface area contributed by atoms with E-state index in [9.17, 15) is 13.2 Å². The minimum Gasteiger partial charge on any atom is -0.444 e. The highest BCUT2D eigenvalue weighted by Gasteiger charge is 2.30. The van der Waals surface area contributed by atoms with E-state index in [0.717, 1.165) is 35.2 Å². The lowest BCUT2D eigenvalue weighted by Crippen LogP contribution is -2.38. The van der Waals surface area contributed by atoms with Gasteiger partial charge in [-0.15, -0.1) is 0 Å². The monoisotopic (exact) mass is 400 g/mol. The summed E-state index contributed by atoms with van der Waals surface area (Å²) in [6.45, 7) is 5.16. The van der Waals surface area contributed by atoms with Gasteiger partial charge in [0.1, 0.15) is 6.61 Å². The summed E-state index contributed by atoms with van der Waals surface area (Å²) >= 11 is 0. The van der Waals surface area contributed by atoms with Crippen molar-refractivity contribution < 1.29 is 17.9 Å². The second-order valence-corrected chi connectivity index (χ2v) is 9.51. The van der Waals surface area contributed by atoms with E-state index < -0.39 is 16.1 Å². The van der Waals surface area contributed by atoms with E-state index in [0.29, 0.717) is 23.9 Å². The number of rotatable bonds is 3. The molecule has 4 rings (SSSR count). The summed E-state index contributed by atoms with van der Waals surface area (Å²) < 4.78 is 32.5. The Labute approximate surface area is 165 Å². The van der Waals surface area contributed by atoms with Crippen LogP contribution >= 0.6 is 0 Å². The Morgan fingerprint density at radius 1 is 1.11 bits per heavy atom. The first kappa shape index (κ1) is 19.0. The molecule has 0 saturated carbocycles. The van der Waals surface area contributed by atoms with Crippen molar-refractivity contribution in [2.75, 3.05) is 18.4 Å². The van der Waals surface area contributed by atoms with Crippen molar-refractivity contribution in [2.24, 2.45) is 0 Å². The number of amides is 1. The summed E-state index contributed by atoms with van der Waals surface area (Å²) in [5, 5.41) is 2.76. The van der Waals surface area contributed by atoms with Crippen molar-refractivity contribution in [2.45, 2.75) is 44.1 Å². The zero-order valence-electron chi connectivity index (χ0n) is 16.1. The fraction of sp³-hybridized carbons (Fsp3) is 0.381. The van der Waals surface area contributed by atoms with E-state index in [-0.39, 0.29) is 6.61 Å². The van der Waals surface area contributed by atoms with E-state index in [4.69, 9.17) is 4.74 Å². The number of piperidine rings is 1. The minimum atomic E-state index is -3.45. The lowest BCUT2D eigenvalue weighted by Gasteiger charge is -2.32. The number of sulfonamides is 1. The largest absolute Gasteiger partial charge is 0.444 e. The van der Waals surface area contributed by atoms with Crippen molar-refractivity contribution in [1.29, 1.82) is 0 Å². The molecule has 148 valence electrons. The molecule has 0 spiro atoms. The normalized spacial score (nSPS) is 18.3. The van der Waals surface area contributed by atoms with E-state index in [1.807, 2.05) is 19.9 Å². The van der Waals surface area contributed by atoms with Gasteiger partial charge in [0.2, 0.25) is 10.0 Å². The van der Waals surface area contributed by atoms with Crippen LogP contribution in [-0.4, -0.2) is 31.9 Å². The van der Waals surface area contributed by atoms with Gasteiger partial charge >= 0.3 is 6.09 Å². The van der Waals surface area contributed by atoms with Gasteiger partial charge < -0.3 is 4.74 Å². The number of carbonyl (C=O) groups is 1. The van der Waals surface area contributed by atoms with Gasteiger partial charge in [0.05, 0.1) is 10.6 Å². The average Bonchev–Trinajstić information content (AvgIpc) is 2.68. The fourth-order valence-electron chi connectivity index (χ4n) is 4.05. The molecule has 2 heterocycles. The molecule has 1 N–H and O–H groups in total. The molecule has 0 radical (unpaired) electrons. The molecule has 28 heavy (non-hydrogen) atoms. The molecule has 2 aliphatic rings. The SMILES string of the molecule is Cc1cccc(S(=O)(=O)N2CCC(c3cc(C)c4c(c3)COC(=O)N4)CC2)c1. The van der Waals surface area contributed by atoms with Gasteiger partial charge in [-0.3, -0.25) is 5.32 Å². The Bertz CT molecular complexity index is 1020. The zero-order valence-corrected chi connectivity index (χ0v) is 16.9. The number of hydrogen-bond acceptors (Lipinski definition) is 4. The topological polar surface area (TPSA) is 75.7 Å². The number of nitrogens with one attached hydrogen (secondary N) is 1. The second-order valence-electron chi connectivity index (χ2n) is 7.57. The van der Waals surface area contributed by atoms with E-state index in [2.05, 4.69) is 17.4 Å². The number of aryl methyl sites for hydroxylation is 2. The maximum atomic E-state index is 12.9. The molecule has 0 bridgehead atoms. The van der Waals surface area contributed by atoms with Crippen molar-refractivity contribution in [3.8, 4) is 0 Å². The van der Waals surface area contributed by atoms with Gasteiger partial charge in [-0.05, 0) is 61.4 Å². The fourth-order valence-corrected chi connectivity index (χ4v) is 5.63. The Morgan fingerprint density at radius 2 is 1.86 bits per heavy atom. The van der Waals surface area contributed by atoms with Crippen LogP contribution in [0.3, 0.4) is 0 Å². The lowest BCUT2D eigenvalue weighted by atomic mass is 9.87. The molecule has 6 nitrogen and oxygen atoms in total. The molecule has 1 fully saturated rings. The van der Waals surface area contributed by atoms with Crippen molar-refractivity contribution in [3.63, 3.8) is 0 Å². The van der Waals surface area contributed by atoms with Crippen LogP contribution in [0.15, 0.2) is 41.3 Å². The van der Waals surface area contributed by atoms with Gasteiger partial charge in [0, 0.05) is 18.7 Å². The molecule has 2 aliphatic heterocycles. The van der Waals surface area contributed by atoms with Crippen LogP contribution in [0, 0.1) is 13.8 Å². The van der Waals surface area contributed by atoms with Gasteiger partial charge in [-0.1, -0.05) is 24.3 Å². The number of carbonyl (C=O) groups excluding carboxylic acids is 1. The lowest BCUT2D eigenvalue weighted by molar-refractivity contribution is 0.151. The Hall–Kier alpha value is -2.38. The second kappa shape index (κ2) is 7.22. The standard InChI is InChI=1S/C21H24N2O4S/c1-14-4-3-5-19(10-14)28(25,26)23-8-6-16(7-9-23)17-11-15(2)20-18(12-17)13-27-21(24)22-20/h3-5,10-12,16H,6-9,13H2,1-2H3,(H,22,24). The van der Waals surface area contributed by atoms with Gasteiger partial charge in [0.15, 0.2) is 0 Å². The molecule has 2 aromatic rings. The number of ether oxygens (including phenoxy) is 1. The van der Waals surface area contributed by atoms with Crippen LogP contribution in [0.25, 0.3) is 0 Å². The summed E-state index contributed by atoms with van der Waals surface area (Å²) in [6.07, 6.45) is 1.13. The zero-order chi connectivity index (χ0) is 19.9.